The summed E-state index contributed by atoms with van der Waals surface area (Å²) in [5.41, 5.74) is 0. The van der Waals surface area contributed by atoms with Gasteiger partial charge in [-0.25, -0.2) is 0 Å². The number of aliphatic hydroxyl groups excluding tert-OH is 1. The highest BCUT2D eigenvalue weighted by Crippen LogP contribution is 2.00. The number of nitrogens with zero attached hydrogens (tertiary/aromatic N) is 2. The Hall–Kier alpha value is -0.690. The standard InChI is InChI=1S/C15H32N4O2/c1-14(20)16-7-4-3-5-8-17-15(21)6-9-19-12-10-18(2)11-13-19/h14,16,20H,3-13H2,1-2H3,(H,17,21). The highest BCUT2D eigenvalue weighted by atomic mass is 16.3. The highest BCUT2D eigenvalue weighted by molar-refractivity contribution is 5.75. The van der Waals surface area contributed by atoms with Gasteiger partial charge >= 0.3 is 0 Å². The third-order valence-electron chi connectivity index (χ3n) is 3.87. The Balaban J connectivity index is 1.90. The minimum atomic E-state index is -0.431. The predicted molar refractivity (Wildman–Crippen MR) is 85.1 cm³/mol. The van der Waals surface area contributed by atoms with Crippen molar-refractivity contribution in [3.05, 3.63) is 0 Å². The molecule has 1 aliphatic rings. The Bertz CT molecular complexity index is 279. The first-order valence-corrected chi connectivity index (χ1v) is 8.17. The van der Waals surface area contributed by atoms with E-state index in [1.807, 2.05) is 0 Å². The van der Waals surface area contributed by atoms with Crippen LogP contribution in [0.5, 0.6) is 0 Å². The van der Waals surface area contributed by atoms with Crippen molar-refractivity contribution in [2.45, 2.75) is 38.8 Å². The second kappa shape index (κ2) is 11.0. The van der Waals surface area contributed by atoms with Crippen molar-refractivity contribution >= 4 is 5.91 Å². The summed E-state index contributed by atoms with van der Waals surface area (Å²) in [6.45, 7) is 8.52. The number of likely N-dealkylation sites (N-methyl/N-ethyl adjacent to an activating group) is 1. The van der Waals surface area contributed by atoms with Crippen LogP contribution in [0.2, 0.25) is 0 Å². The van der Waals surface area contributed by atoms with Crippen LogP contribution in [0.4, 0.5) is 0 Å². The van der Waals surface area contributed by atoms with Gasteiger partial charge in [0.1, 0.15) is 6.23 Å². The summed E-state index contributed by atoms with van der Waals surface area (Å²) in [5.74, 6) is 0.163. The first-order chi connectivity index (χ1) is 10.1. The second-order valence-corrected chi connectivity index (χ2v) is 5.94. The summed E-state index contributed by atoms with van der Waals surface area (Å²) in [6.07, 6.45) is 3.27. The first-order valence-electron chi connectivity index (χ1n) is 8.17. The molecular formula is C15H32N4O2. The van der Waals surface area contributed by atoms with Gasteiger partial charge in [-0.1, -0.05) is 6.42 Å². The molecule has 1 aliphatic heterocycles. The van der Waals surface area contributed by atoms with Gasteiger partial charge < -0.3 is 20.2 Å². The lowest BCUT2D eigenvalue weighted by Crippen LogP contribution is -2.45. The molecule has 6 heteroatoms. The molecule has 0 aromatic heterocycles. The fourth-order valence-electron chi connectivity index (χ4n) is 2.39. The summed E-state index contributed by atoms with van der Waals surface area (Å²) in [7, 11) is 2.14. The maximum Gasteiger partial charge on any atom is 0.221 e. The van der Waals surface area contributed by atoms with Crippen molar-refractivity contribution in [1.29, 1.82) is 0 Å². The zero-order chi connectivity index (χ0) is 15.5. The van der Waals surface area contributed by atoms with Crippen LogP contribution in [-0.4, -0.2) is 79.9 Å². The normalized spacial score (nSPS) is 18.6. The third-order valence-corrected chi connectivity index (χ3v) is 3.87. The molecule has 1 saturated heterocycles. The van der Waals surface area contributed by atoms with Gasteiger partial charge in [-0.05, 0) is 33.4 Å². The van der Waals surface area contributed by atoms with E-state index in [0.717, 1.165) is 65.1 Å². The van der Waals surface area contributed by atoms with Crippen LogP contribution in [-0.2, 0) is 4.79 Å². The number of hydrogen-bond acceptors (Lipinski definition) is 5. The zero-order valence-corrected chi connectivity index (χ0v) is 13.6. The molecule has 1 unspecified atom stereocenters. The summed E-state index contributed by atoms with van der Waals surface area (Å²) < 4.78 is 0. The van der Waals surface area contributed by atoms with Crippen LogP contribution >= 0.6 is 0 Å². The molecule has 0 radical (unpaired) electrons. The molecule has 0 aliphatic carbocycles. The second-order valence-electron chi connectivity index (χ2n) is 5.94. The fourth-order valence-corrected chi connectivity index (χ4v) is 2.39. The first kappa shape index (κ1) is 18.4. The quantitative estimate of drug-likeness (QED) is 0.386. The molecule has 0 aromatic carbocycles. The molecule has 124 valence electrons. The number of amides is 1. The predicted octanol–water partition coefficient (Wildman–Crippen LogP) is -0.162. The molecule has 1 atom stereocenters. The minimum Gasteiger partial charge on any atom is -0.379 e. The van der Waals surface area contributed by atoms with E-state index in [9.17, 15) is 4.79 Å². The SMILES string of the molecule is CC(O)NCCCCCNC(=O)CCN1CCN(C)CC1. The summed E-state index contributed by atoms with van der Waals surface area (Å²) in [4.78, 5) is 16.4. The molecule has 0 saturated carbocycles. The number of piperazine rings is 1. The lowest BCUT2D eigenvalue weighted by Gasteiger charge is -2.32. The highest BCUT2D eigenvalue weighted by Gasteiger charge is 2.14. The fraction of sp³-hybridized carbons (Fsp3) is 0.933. The van der Waals surface area contributed by atoms with E-state index >= 15 is 0 Å². The van der Waals surface area contributed by atoms with Crippen LogP contribution in [0, 0.1) is 0 Å². The Morgan fingerprint density at radius 3 is 2.48 bits per heavy atom. The van der Waals surface area contributed by atoms with Crippen molar-refractivity contribution in [2.75, 3.05) is 52.9 Å². The van der Waals surface area contributed by atoms with Crippen LogP contribution in [0.3, 0.4) is 0 Å². The van der Waals surface area contributed by atoms with E-state index in [1.165, 1.54) is 0 Å². The van der Waals surface area contributed by atoms with Gasteiger partial charge in [-0.2, -0.15) is 0 Å². The van der Waals surface area contributed by atoms with E-state index < -0.39 is 6.23 Å². The topological polar surface area (TPSA) is 67.8 Å². The number of carbonyl (C=O) groups excluding carboxylic acids is 1. The van der Waals surface area contributed by atoms with Gasteiger partial charge in [0.25, 0.3) is 0 Å². The van der Waals surface area contributed by atoms with Crippen LogP contribution in [0.1, 0.15) is 32.6 Å². The number of unbranched alkanes of at least 4 members (excludes halogenated alkanes) is 2. The van der Waals surface area contributed by atoms with E-state index in [2.05, 4.69) is 27.5 Å². The number of carbonyl (C=O) groups is 1. The molecule has 1 heterocycles. The number of rotatable bonds is 10. The summed E-state index contributed by atoms with van der Waals surface area (Å²) in [6, 6.07) is 0. The monoisotopic (exact) mass is 300 g/mol. The smallest absolute Gasteiger partial charge is 0.221 e. The van der Waals surface area contributed by atoms with Crippen LogP contribution < -0.4 is 10.6 Å². The Morgan fingerprint density at radius 1 is 1.14 bits per heavy atom. The average molecular weight is 300 g/mol. The Kier molecular flexibility index (Phi) is 9.58. The third kappa shape index (κ3) is 9.79. The van der Waals surface area contributed by atoms with Gasteiger partial charge in [0.05, 0.1) is 0 Å². The minimum absolute atomic E-state index is 0.163. The lowest BCUT2D eigenvalue weighted by molar-refractivity contribution is -0.121. The van der Waals surface area contributed by atoms with Gasteiger partial charge in [0.2, 0.25) is 5.91 Å². The Morgan fingerprint density at radius 2 is 1.81 bits per heavy atom. The molecule has 21 heavy (non-hydrogen) atoms. The zero-order valence-electron chi connectivity index (χ0n) is 13.6. The summed E-state index contributed by atoms with van der Waals surface area (Å²) in [5, 5.41) is 15.0. The summed E-state index contributed by atoms with van der Waals surface area (Å²) >= 11 is 0. The number of aliphatic hydroxyl groups is 1. The van der Waals surface area contributed by atoms with Gasteiger partial charge in [0, 0.05) is 45.7 Å². The van der Waals surface area contributed by atoms with Crippen molar-refractivity contribution in [3.8, 4) is 0 Å². The molecule has 6 nitrogen and oxygen atoms in total. The Labute approximate surface area is 128 Å². The maximum atomic E-state index is 11.7. The van der Waals surface area contributed by atoms with Crippen molar-refractivity contribution in [1.82, 2.24) is 20.4 Å². The molecule has 1 amide bonds. The lowest BCUT2D eigenvalue weighted by atomic mass is 10.2. The molecule has 1 fully saturated rings. The van der Waals surface area contributed by atoms with Gasteiger partial charge in [-0.3, -0.25) is 10.1 Å². The van der Waals surface area contributed by atoms with Gasteiger partial charge in [-0.15, -0.1) is 0 Å². The molecule has 0 bridgehead atoms. The molecule has 0 aromatic rings. The van der Waals surface area contributed by atoms with Crippen molar-refractivity contribution in [3.63, 3.8) is 0 Å². The number of hydrogen-bond donors (Lipinski definition) is 3. The van der Waals surface area contributed by atoms with Crippen molar-refractivity contribution in [2.24, 2.45) is 0 Å². The van der Waals surface area contributed by atoms with Crippen LogP contribution in [0.25, 0.3) is 0 Å². The molecule has 3 N–H and O–H groups in total. The van der Waals surface area contributed by atoms with E-state index in [-0.39, 0.29) is 5.91 Å². The largest absolute Gasteiger partial charge is 0.379 e. The average Bonchev–Trinajstić information content (AvgIpc) is 2.45. The van der Waals surface area contributed by atoms with E-state index in [1.54, 1.807) is 6.92 Å². The van der Waals surface area contributed by atoms with Crippen molar-refractivity contribution < 1.29 is 9.90 Å². The maximum absolute atomic E-state index is 11.7. The molecule has 1 rings (SSSR count). The van der Waals surface area contributed by atoms with Crippen LogP contribution in [0.15, 0.2) is 0 Å². The molecule has 0 spiro atoms. The van der Waals surface area contributed by atoms with E-state index in [0.29, 0.717) is 6.42 Å². The molecular weight excluding hydrogens is 268 g/mol. The van der Waals surface area contributed by atoms with E-state index in [4.69, 9.17) is 5.11 Å². The van der Waals surface area contributed by atoms with Gasteiger partial charge in [0.15, 0.2) is 0 Å². The number of nitrogens with one attached hydrogen (secondary N) is 2.